The van der Waals surface area contributed by atoms with E-state index in [0.717, 1.165) is 38.5 Å². The van der Waals surface area contributed by atoms with Crippen molar-refractivity contribution in [1.82, 2.24) is 16.0 Å². The van der Waals surface area contributed by atoms with Gasteiger partial charge in [-0.2, -0.15) is 0 Å². The molecule has 0 saturated carbocycles. The van der Waals surface area contributed by atoms with Crippen molar-refractivity contribution < 1.29 is 19.2 Å². The number of hydrogen-bond donors (Lipinski definition) is 8. The van der Waals surface area contributed by atoms with Crippen LogP contribution in [0.15, 0.2) is 22.1 Å². The minimum atomic E-state index is -0.997. The van der Waals surface area contributed by atoms with Crippen molar-refractivity contribution >= 4 is 35.5 Å². The zero-order valence-electron chi connectivity index (χ0n) is 28.1. The molecule has 0 radical (unpaired) electrons. The first-order chi connectivity index (χ1) is 22.1. The summed E-state index contributed by atoms with van der Waals surface area (Å²) in [5, 5.41) is 7.81. The lowest BCUT2D eigenvalue weighted by Gasteiger charge is -2.22. The fourth-order valence-corrected chi connectivity index (χ4v) is 4.70. The lowest BCUT2D eigenvalue weighted by atomic mass is 10.1. The summed E-state index contributed by atoms with van der Waals surface area (Å²) in [6, 6.07) is -1.98. The van der Waals surface area contributed by atoms with E-state index in [1.54, 1.807) is 0 Å². The van der Waals surface area contributed by atoms with Gasteiger partial charge in [-0.15, -0.1) is 0 Å². The van der Waals surface area contributed by atoms with Gasteiger partial charge < -0.3 is 44.6 Å². The number of unbranched alkanes of at least 4 members (excludes halogenated alkanes) is 11. The van der Waals surface area contributed by atoms with Crippen LogP contribution in [-0.2, 0) is 19.2 Å². The molecule has 0 fully saturated rings. The van der Waals surface area contributed by atoms with E-state index in [2.05, 4.69) is 45.0 Å². The Morgan fingerprint density at radius 1 is 0.609 bits per heavy atom. The second kappa shape index (κ2) is 28.6. The van der Waals surface area contributed by atoms with E-state index in [0.29, 0.717) is 19.3 Å². The number of nitrogens with one attached hydrogen (secondary N) is 3. The van der Waals surface area contributed by atoms with E-state index in [4.69, 9.17) is 28.7 Å². The summed E-state index contributed by atoms with van der Waals surface area (Å²) in [5.41, 5.74) is 26.8. The number of carbonyl (C=O) groups excluding carboxylic acids is 4. The Balaban J connectivity index is 4.44. The van der Waals surface area contributed by atoms with Gasteiger partial charge in [-0.05, 0) is 57.8 Å². The molecular weight excluding hydrogens is 588 g/mol. The van der Waals surface area contributed by atoms with Gasteiger partial charge in [0.25, 0.3) is 0 Å². The normalized spacial score (nSPS) is 12.2. The van der Waals surface area contributed by atoms with Gasteiger partial charge in [0.1, 0.15) is 12.1 Å². The molecule has 0 bridgehead atoms. The maximum Gasteiger partial charge on any atom is 0.243 e. The Kier molecular flexibility index (Phi) is 26.2. The van der Waals surface area contributed by atoms with Crippen LogP contribution in [0.5, 0.6) is 0 Å². The maximum atomic E-state index is 13.0. The molecule has 14 heteroatoms. The quantitative estimate of drug-likeness (QED) is 0.0255. The third kappa shape index (κ3) is 26.6. The van der Waals surface area contributed by atoms with E-state index in [1.165, 1.54) is 44.9 Å². The molecule has 0 rings (SSSR count). The summed E-state index contributed by atoms with van der Waals surface area (Å²) in [4.78, 5) is 57.5. The molecule has 0 spiro atoms. The van der Waals surface area contributed by atoms with E-state index in [9.17, 15) is 19.2 Å². The summed E-state index contributed by atoms with van der Waals surface area (Å²) in [6.45, 7) is 2.46. The van der Waals surface area contributed by atoms with Crippen LogP contribution in [0.3, 0.4) is 0 Å². The minimum Gasteiger partial charge on any atom is -0.370 e. The van der Waals surface area contributed by atoms with E-state index >= 15 is 0 Å². The molecule has 0 heterocycles. The topological polar surface area (TPSA) is 259 Å². The van der Waals surface area contributed by atoms with Gasteiger partial charge >= 0.3 is 0 Å². The minimum absolute atomic E-state index is 0.0806. The van der Waals surface area contributed by atoms with Crippen LogP contribution < -0.4 is 44.6 Å². The summed E-state index contributed by atoms with van der Waals surface area (Å²) in [7, 11) is 0. The second-order valence-electron chi connectivity index (χ2n) is 11.6. The number of allylic oxidation sites excluding steroid dienone is 2. The molecule has 0 unspecified atom stereocenters. The van der Waals surface area contributed by atoms with Crippen molar-refractivity contribution in [3.8, 4) is 0 Å². The molecule has 4 amide bonds. The summed E-state index contributed by atoms with van der Waals surface area (Å²) in [5.74, 6) is -2.26. The first-order valence-corrected chi connectivity index (χ1v) is 17.0. The van der Waals surface area contributed by atoms with Gasteiger partial charge in [0, 0.05) is 19.5 Å². The van der Waals surface area contributed by atoms with Crippen LogP contribution in [0.2, 0.25) is 0 Å². The van der Waals surface area contributed by atoms with Crippen molar-refractivity contribution in [3.63, 3.8) is 0 Å². The number of carbonyl (C=O) groups is 4. The van der Waals surface area contributed by atoms with Crippen LogP contribution in [-0.4, -0.2) is 67.3 Å². The van der Waals surface area contributed by atoms with E-state index in [-0.39, 0.29) is 50.3 Å². The van der Waals surface area contributed by atoms with Crippen molar-refractivity contribution in [2.24, 2.45) is 38.7 Å². The van der Waals surface area contributed by atoms with Gasteiger partial charge in [-0.3, -0.25) is 29.2 Å². The van der Waals surface area contributed by atoms with Gasteiger partial charge in [-0.1, -0.05) is 70.4 Å². The zero-order chi connectivity index (χ0) is 34.4. The largest absolute Gasteiger partial charge is 0.370 e. The highest BCUT2D eigenvalue weighted by molar-refractivity contribution is 5.92. The molecule has 0 aliphatic heterocycles. The van der Waals surface area contributed by atoms with Gasteiger partial charge in [-0.25, -0.2) is 0 Å². The van der Waals surface area contributed by atoms with Crippen molar-refractivity contribution in [2.75, 3.05) is 19.6 Å². The third-order valence-electron chi connectivity index (χ3n) is 7.31. The van der Waals surface area contributed by atoms with Crippen LogP contribution in [0.4, 0.5) is 0 Å². The first-order valence-electron chi connectivity index (χ1n) is 17.0. The number of aliphatic imine (C=N–C) groups is 2. The highest BCUT2D eigenvalue weighted by atomic mass is 16.2. The average Bonchev–Trinajstić information content (AvgIpc) is 3.00. The fraction of sp³-hybridized carbons (Fsp3) is 0.750. The second-order valence-corrected chi connectivity index (χ2v) is 11.6. The Morgan fingerprint density at radius 3 is 1.63 bits per heavy atom. The monoisotopic (exact) mass is 650 g/mol. The molecule has 13 N–H and O–H groups in total. The number of guanidine groups is 2. The van der Waals surface area contributed by atoms with Gasteiger partial charge in [0.2, 0.25) is 23.6 Å². The number of rotatable bonds is 29. The summed E-state index contributed by atoms with van der Waals surface area (Å²) >= 11 is 0. The smallest absolute Gasteiger partial charge is 0.243 e. The van der Waals surface area contributed by atoms with Gasteiger partial charge in [0.15, 0.2) is 11.9 Å². The highest BCUT2D eigenvalue weighted by Gasteiger charge is 2.25. The van der Waals surface area contributed by atoms with Crippen LogP contribution >= 0.6 is 0 Å². The predicted octanol–water partition coefficient (Wildman–Crippen LogP) is 1.70. The molecule has 0 aromatic carbocycles. The molecular formula is C32H62N10O4. The Morgan fingerprint density at radius 2 is 1.11 bits per heavy atom. The lowest BCUT2D eigenvalue weighted by Crippen LogP contribution is -2.54. The molecule has 46 heavy (non-hydrogen) atoms. The SMILES string of the molecule is CCCCCCCC/C=C\CCCCCCCC(=O)NCC(=O)N[C@@H](CCCN=C(N)N)C(=O)N[C@@H](CCCN=C(N)N)C(N)=O. The molecule has 14 nitrogen and oxygen atoms in total. The van der Waals surface area contributed by atoms with Crippen LogP contribution in [0.1, 0.15) is 122 Å². The predicted molar refractivity (Wildman–Crippen MR) is 185 cm³/mol. The average molecular weight is 651 g/mol. The summed E-state index contributed by atoms with van der Waals surface area (Å²) < 4.78 is 0. The summed E-state index contributed by atoms with van der Waals surface area (Å²) in [6.07, 6.45) is 21.3. The molecule has 0 saturated heterocycles. The van der Waals surface area contributed by atoms with E-state index in [1.807, 2.05) is 0 Å². The van der Waals surface area contributed by atoms with Crippen LogP contribution in [0.25, 0.3) is 0 Å². The Bertz CT molecular complexity index is 947. The van der Waals surface area contributed by atoms with Crippen molar-refractivity contribution in [2.45, 2.75) is 135 Å². The van der Waals surface area contributed by atoms with Gasteiger partial charge in [0.05, 0.1) is 6.54 Å². The maximum absolute atomic E-state index is 13.0. The number of primary amides is 1. The molecule has 0 aliphatic carbocycles. The highest BCUT2D eigenvalue weighted by Crippen LogP contribution is 2.10. The Hall–Kier alpha value is -3.84. The zero-order valence-corrected chi connectivity index (χ0v) is 28.1. The fourth-order valence-electron chi connectivity index (χ4n) is 4.70. The number of nitrogens with two attached hydrogens (primary N) is 5. The molecule has 2 atom stereocenters. The number of hydrogen-bond acceptors (Lipinski definition) is 6. The van der Waals surface area contributed by atoms with Crippen molar-refractivity contribution in [1.29, 1.82) is 0 Å². The first kappa shape index (κ1) is 42.2. The third-order valence-corrected chi connectivity index (χ3v) is 7.31. The standard InChI is InChI=1S/C32H62N10O4/c1-2-3-4-5-6-7-8-9-10-11-12-13-14-15-16-21-27(43)40-24-28(44)41-26(20-18-23-39-32(36)37)30(46)42-25(29(33)45)19-17-22-38-31(34)35/h9-10,25-26H,2-8,11-24H2,1H3,(H2,33,45)(H,40,43)(H,41,44)(H,42,46)(H4,34,35,38)(H4,36,37,39)/b10-9-/t25-,26-/m0/s1. The molecule has 0 aromatic rings. The van der Waals surface area contributed by atoms with Crippen LogP contribution in [0, 0.1) is 0 Å². The molecule has 0 aliphatic rings. The number of nitrogens with zero attached hydrogens (tertiary/aromatic N) is 2. The van der Waals surface area contributed by atoms with E-state index < -0.39 is 29.8 Å². The molecule has 0 aromatic heterocycles. The van der Waals surface area contributed by atoms with Crippen molar-refractivity contribution in [3.05, 3.63) is 12.2 Å². The Labute approximate surface area is 275 Å². The molecule has 264 valence electrons. The number of amides is 4. The lowest BCUT2D eigenvalue weighted by molar-refractivity contribution is -0.132.